The third-order valence-corrected chi connectivity index (χ3v) is 16.1. The first kappa shape index (κ1) is 70.1. The van der Waals surface area contributed by atoms with Crippen LogP contribution < -0.4 is 5.32 Å². The maximum atomic E-state index is 13.2. The number of aliphatic hydroxyl groups is 8. The number of hydrogen-bond acceptors (Lipinski definition) is 13. The van der Waals surface area contributed by atoms with Crippen LogP contribution >= 0.6 is 0 Å². The van der Waals surface area contributed by atoms with Gasteiger partial charge in [-0.15, -0.1) is 0 Å². The average Bonchev–Trinajstić information content (AvgIpc) is 3.41. The number of nitrogens with one attached hydrogen (secondary N) is 1. The molecule has 2 aliphatic heterocycles. The summed E-state index contributed by atoms with van der Waals surface area (Å²) in [7, 11) is 0. The molecule has 0 aromatic rings. The maximum Gasteiger partial charge on any atom is 0.220 e. The highest BCUT2D eigenvalue weighted by molar-refractivity contribution is 5.76. The summed E-state index contributed by atoms with van der Waals surface area (Å²) < 4.78 is 22.8. The van der Waals surface area contributed by atoms with Gasteiger partial charge in [0.15, 0.2) is 12.6 Å². The second-order valence-corrected chi connectivity index (χ2v) is 22.9. The Kier molecular flexibility index (Phi) is 44.6. The first-order chi connectivity index (χ1) is 36.6. The molecule has 2 fully saturated rings. The van der Waals surface area contributed by atoms with Crippen molar-refractivity contribution in [3.8, 4) is 0 Å². The van der Waals surface area contributed by atoms with Gasteiger partial charge >= 0.3 is 0 Å². The third-order valence-electron chi connectivity index (χ3n) is 16.1. The zero-order valence-electron chi connectivity index (χ0n) is 48.1. The van der Waals surface area contributed by atoms with Gasteiger partial charge < -0.3 is 65.1 Å². The van der Waals surface area contributed by atoms with E-state index in [1.165, 1.54) is 212 Å². The quantitative estimate of drug-likeness (QED) is 0.0259. The lowest BCUT2D eigenvalue weighted by Gasteiger charge is -2.46. The van der Waals surface area contributed by atoms with E-state index >= 15 is 0 Å². The zero-order valence-corrected chi connectivity index (χ0v) is 48.1. The first-order valence-corrected chi connectivity index (χ1v) is 31.8. The molecule has 75 heavy (non-hydrogen) atoms. The second kappa shape index (κ2) is 47.8. The summed E-state index contributed by atoms with van der Waals surface area (Å²) in [5.41, 5.74) is 0. The smallest absolute Gasteiger partial charge is 0.220 e. The highest BCUT2D eigenvalue weighted by atomic mass is 16.7. The van der Waals surface area contributed by atoms with Crippen molar-refractivity contribution >= 4 is 5.91 Å². The van der Waals surface area contributed by atoms with E-state index in [1.54, 1.807) is 0 Å². The molecular formula is C61H119NO13. The summed E-state index contributed by atoms with van der Waals surface area (Å²) >= 11 is 0. The molecule has 0 radical (unpaired) electrons. The van der Waals surface area contributed by atoms with Crippen LogP contribution in [0.1, 0.15) is 290 Å². The minimum absolute atomic E-state index is 0.203. The van der Waals surface area contributed by atoms with Gasteiger partial charge in [0, 0.05) is 6.42 Å². The van der Waals surface area contributed by atoms with Crippen molar-refractivity contribution in [1.82, 2.24) is 5.32 Å². The molecule has 14 heteroatoms. The van der Waals surface area contributed by atoms with Crippen LogP contribution in [0.15, 0.2) is 0 Å². The van der Waals surface area contributed by atoms with Crippen LogP contribution in [0.2, 0.25) is 0 Å². The van der Waals surface area contributed by atoms with Gasteiger partial charge in [0.05, 0.1) is 32.0 Å². The normalized spacial score (nSPS) is 24.9. The highest BCUT2D eigenvalue weighted by Crippen LogP contribution is 2.30. The lowest BCUT2D eigenvalue weighted by Crippen LogP contribution is -2.65. The minimum Gasteiger partial charge on any atom is -0.394 e. The lowest BCUT2D eigenvalue weighted by atomic mass is 9.97. The Hall–Kier alpha value is -1.01. The van der Waals surface area contributed by atoms with Crippen molar-refractivity contribution in [1.29, 1.82) is 0 Å². The van der Waals surface area contributed by atoms with Crippen molar-refractivity contribution in [3.63, 3.8) is 0 Å². The Labute approximate surface area is 457 Å². The molecule has 14 nitrogen and oxygen atoms in total. The number of carbonyl (C=O) groups is 1. The van der Waals surface area contributed by atoms with Gasteiger partial charge in [-0.2, -0.15) is 0 Å². The second-order valence-electron chi connectivity index (χ2n) is 22.9. The van der Waals surface area contributed by atoms with Gasteiger partial charge in [0.1, 0.15) is 48.8 Å². The molecule has 12 atom stereocenters. The number of hydrogen-bond donors (Lipinski definition) is 9. The molecule has 0 spiro atoms. The SMILES string of the molecule is CCCCCCCCCCCCCCCCCCCCCCCCCCCCCCCCC(O)C(COC1OC(CO)C(OC2OC(CO)C(O)C(O)C2O)C(O)C1O)NC(=O)CCCCCCCCCCCCC. The summed E-state index contributed by atoms with van der Waals surface area (Å²) in [6.45, 7) is 2.88. The van der Waals surface area contributed by atoms with Crippen molar-refractivity contribution in [2.75, 3.05) is 19.8 Å². The van der Waals surface area contributed by atoms with E-state index in [9.17, 15) is 45.6 Å². The van der Waals surface area contributed by atoms with Crippen LogP contribution in [0.5, 0.6) is 0 Å². The molecule has 1 amide bonds. The number of amides is 1. The average molecular weight is 1070 g/mol. The fourth-order valence-corrected chi connectivity index (χ4v) is 10.9. The van der Waals surface area contributed by atoms with Crippen molar-refractivity contribution in [2.45, 2.75) is 364 Å². The van der Waals surface area contributed by atoms with Gasteiger partial charge in [-0.3, -0.25) is 4.79 Å². The Morgan fingerprint density at radius 2 is 0.760 bits per heavy atom. The predicted octanol–water partition coefficient (Wildman–Crippen LogP) is 11.3. The van der Waals surface area contributed by atoms with Gasteiger partial charge in [0.2, 0.25) is 5.91 Å². The van der Waals surface area contributed by atoms with Gasteiger partial charge in [-0.05, 0) is 12.8 Å². The van der Waals surface area contributed by atoms with Crippen molar-refractivity contribution in [3.05, 3.63) is 0 Å². The first-order valence-electron chi connectivity index (χ1n) is 31.8. The molecule has 2 saturated heterocycles. The molecule has 446 valence electrons. The molecule has 2 heterocycles. The summed E-state index contributed by atoms with van der Waals surface area (Å²) in [4.78, 5) is 13.2. The van der Waals surface area contributed by atoms with E-state index in [4.69, 9.17) is 18.9 Å². The maximum absolute atomic E-state index is 13.2. The van der Waals surface area contributed by atoms with Gasteiger partial charge in [0.25, 0.3) is 0 Å². The fourth-order valence-electron chi connectivity index (χ4n) is 10.9. The van der Waals surface area contributed by atoms with Crippen LogP contribution in [0, 0.1) is 0 Å². The predicted molar refractivity (Wildman–Crippen MR) is 300 cm³/mol. The molecule has 2 aliphatic rings. The number of ether oxygens (including phenoxy) is 4. The lowest BCUT2D eigenvalue weighted by molar-refractivity contribution is -0.359. The molecule has 0 bridgehead atoms. The van der Waals surface area contributed by atoms with Crippen LogP contribution in [0.3, 0.4) is 0 Å². The molecule has 2 rings (SSSR count). The van der Waals surface area contributed by atoms with Crippen LogP contribution in [-0.2, 0) is 23.7 Å². The largest absolute Gasteiger partial charge is 0.394 e. The minimum atomic E-state index is -1.78. The molecular weight excluding hydrogens is 955 g/mol. The van der Waals surface area contributed by atoms with Crippen LogP contribution in [0.4, 0.5) is 0 Å². The number of rotatable bonds is 52. The molecule has 12 unspecified atom stereocenters. The summed E-state index contributed by atoms with van der Waals surface area (Å²) in [6, 6.07) is -0.822. The summed E-state index contributed by atoms with van der Waals surface area (Å²) in [6.07, 6.45) is 37.1. The number of aliphatic hydroxyl groups excluding tert-OH is 8. The number of unbranched alkanes of at least 4 members (excludes halogenated alkanes) is 39. The molecule has 0 aliphatic carbocycles. The Morgan fingerprint density at radius 1 is 0.427 bits per heavy atom. The Morgan fingerprint density at radius 3 is 1.13 bits per heavy atom. The van der Waals surface area contributed by atoms with E-state index in [0.29, 0.717) is 12.8 Å². The van der Waals surface area contributed by atoms with E-state index in [1.807, 2.05) is 0 Å². The standard InChI is InChI=1S/C61H119NO13/c1-3-5-7-9-11-13-15-16-17-18-19-20-21-22-23-24-25-26-27-28-29-30-31-32-33-35-36-38-40-42-44-50(65)49(62-53(66)45-43-41-39-37-34-14-12-10-8-6-4-2)48-72-60-58(71)56(69)59(52(47-64)74-60)75-61-57(70)55(68)54(67)51(46-63)73-61/h49-52,54-61,63-65,67-71H,3-48H2,1-2H3,(H,62,66). The summed E-state index contributed by atoms with van der Waals surface area (Å²) in [5.74, 6) is -0.203. The third kappa shape index (κ3) is 33.4. The van der Waals surface area contributed by atoms with Crippen LogP contribution in [-0.4, -0.2) is 140 Å². The molecule has 9 N–H and O–H groups in total. The van der Waals surface area contributed by atoms with E-state index < -0.39 is 86.8 Å². The van der Waals surface area contributed by atoms with Crippen LogP contribution in [0.25, 0.3) is 0 Å². The molecule has 0 aromatic heterocycles. The Bertz CT molecular complexity index is 1270. The van der Waals surface area contributed by atoms with Gasteiger partial charge in [-0.1, -0.05) is 271 Å². The van der Waals surface area contributed by atoms with Crippen molar-refractivity contribution < 1.29 is 64.6 Å². The summed E-state index contributed by atoms with van der Waals surface area (Å²) in [5, 5.41) is 87.2. The topological polar surface area (TPSA) is 228 Å². The zero-order chi connectivity index (χ0) is 54.6. The molecule has 0 aromatic carbocycles. The Balaban J connectivity index is 1.63. The van der Waals surface area contributed by atoms with E-state index in [-0.39, 0.29) is 12.5 Å². The molecule has 0 saturated carbocycles. The monoisotopic (exact) mass is 1070 g/mol. The fraction of sp³-hybridized carbons (Fsp3) is 0.984. The number of carbonyl (C=O) groups excluding carboxylic acids is 1. The van der Waals surface area contributed by atoms with Gasteiger partial charge in [-0.25, -0.2) is 0 Å². The van der Waals surface area contributed by atoms with Crippen molar-refractivity contribution in [2.24, 2.45) is 0 Å². The van der Waals surface area contributed by atoms with E-state index in [2.05, 4.69) is 19.2 Å². The van der Waals surface area contributed by atoms with E-state index in [0.717, 1.165) is 51.4 Å². The highest BCUT2D eigenvalue weighted by Gasteiger charge is 2.51.